The Bertz CT molecular complexity index is 1330. The third-order valence-corrected chi connectivity index (χ3v) is 14.8. The lowest BCUT2D eigenvalue weighted by molar-refractivity contribution is -0.162. The van der Waals surface area contributed by atoms with Gasteiger partial charge >= 0.3 is 0 Å². The van der Waals surface area contributed by atoms with Crippen molar-refractivity contribution in [1.82, 2.24) is 0 Å². The Morgan fingerprint density at radius 3 is 1.78 bits per heavy atom. The topological polar surface area (TPSA) is 57.2 Å². The maximum atomic E-state index is 12.0. The van der Waals surface area contributed by atoms with Gasteiger partial charge in [0, 0.05) is 0 Å². The van der Waals surface area contributed by atoms with E-state index in [1.807, 2.05) is 44.2 Å². The minimum absolute atomic E-state index is 0.113. The Morgan fingerprint density at radius 2 is 1.24 bits per heavy atom. The van der Waals surface area contributed by atoms with Crippen LogP contribution in [0.2, 0.25) is 5.04 Å². The van der Waals surface area contributed by atoms with Crippen molar-refractivity contribution in [2.75, 3.05) is 6.61 Å². The molecule has 1 heterocycles. The number of hydrogen-bond donors (Lipinski definition) is 1. The highest BCUT2D eigenvalue weighted by Crippen LogP contribution is 2.38. The fraction of sp³-hybridized carbons (Fsp3) is 0.545. The zero-order valence-electron chi connectivity index (χ0n) is 31.7. The molecular weight excluding hydrogens is 637 g/mol. The van der Waals surface area contributed by atoms with E-state index in [4.69, 9.17) is 18.6 Å². The minimum atomic E-state index is -2.86. The van der Waals surface area contributed by atoms with Gasteiger partial charge in [-0.15, -0.1) is 0 Å². The third-order valence-electron chi connectivity index (χ3n) is 9.84. The summed E-state index contributed by atoms with van der Waals surface area (Å²) in [6.07, 6.45) is 14.6. The van der Waals surface area contributed by atoms with Crippen LogP contribution in [0.4, 0.5) is 0 Å². The van der Waals surface area contributed by atoms with E-state index in [1.165, 1.54) is 61.7 Å². The molecule has 0 radical (unpaired) electrons. The first-order valence-electron chi connectivity index (χ1n) is 19.2. The van der Waals surface area contributed by atoms with Gasteiger partial charge < -0.3 is 23.7 Å². The number of aliphatic hydroxyl groups is 1. The Kier molecular flexibility index (Phi) is 16.0. The Labute approximate surface area is 304 Å². The van der Waals surface area contributed by atoms with Gasteiger partial charge in [-0.2, -0.15) is 0 Å². The number of benzene rings is 3. The van der Waals surface area contributed by atoms with Crippen LogP contribution in [0.25, 0.3) is 0 Å². The van der Waals surface area contributed by atoms with Crippen molar-refractivity contribution in [3.8, 4) is 0 Å². The van der Waals surface area contributed by atoms with Crippen LogP contribution in [0, 0.1) is 0 Å². The average Bonchev–Trinajstić information content (AvgIpc) is 3.44. The molecule has 0 aromatic heterocycles. The highest BCUT2D eigenvalue weighted by atomic mass is 28.4. The second-order valence-corrected chi connectivity index (χ2v) is 19.7. The van der Waals surface area contributed by atoms with Crippen molar-refractivity contribution in [2.24, 2.45) is 0 Å². The summed E-state index contributed by atoms with van der Waals surface area (Å²) in [5.41, 5.74) is 1.09. The largest absolute Gasteiger partial charge is 0.405 e. The number of aliphatic hydroxyl groups excluding tert-OH is 1. The van der Waals surface area contributed by atoms with Gasteiger partial charge in [-0.05, 0) is 47.7 Å². The molecule has 4 rings (SSSR count). The molecule has 274 valence electrons. The lowest BCUT2D eigenvalue weighted by atomic mass is 10.0. The number of hydrogen-bond acceptors (Lipinski definition) is 5. The zero-order valence-corrected chi connectivity index (χ0v) is 32.7. The molecule has 3 aromatic rings. The zero-order chi connectivity index (χ0) is 35.9. The summed E-state index contributed by atoms with van der Waals surface area (Å²) in [6.45, 7) is 13.4. The van der Waals surface area contributed by atoms with E-state index in [0.29, 0.717) is 6.61 Å². The first-order valence-corrected chi connectivity index (χ1v) is 21.1. The predicted octanol–water partition coefficient (Wildman–Crippen LogP) is 9.51. The molecule has 0 unspecified atom stereocenters. The van der Waals surface area contributed by atoms with Crippen molar-refractivity contribution in [1.29, 1.82) is 0 Å². The Morgan fingerprint density at radius 1 is 0.740 bits per heavy atom. The molecule has 4 atom stereocenters. The highest BCUT2D eigenvalue weighted by Gasteiger charge is 2.52. The van der Waals surface area contributed by atoms with Gasteiger partial charge in [-0.25, -0.2) is 0 Å². The highest BCUT2D eigenvalue weighted by molar-refractivity contribution is 6.99. The molecule has 0 bridgehead atoms. The number of ether oxygens (including phenoxy) is 3. The molecule has 1 fully saturated rings. The van der Waals surface area contributed by atoms with Crippen molar-refractivity contribution in [3.63, 3.8) is 0 Å². The molecule has 1 N–H and O–H groups in total. The van der Waals surface area contributed by atoms with Crippen LogP contribution in [0.3, 0.4) is 0 Å². The van der Waals surface area contributed by atoms with Crippen LogP contribution in [-0.2, 0) is 25.2 Å². The van der Waals surface area contributed by atoms with E-state index in [0.717, 1.165) is 18.4 Å². The van der Waals surface area contributed by atoms with Crippen LogP contribution in [0.5, 0.6) is 0 Å². The summed E-state index contributed by atoms with van der Waals surface area (Å²) < 4.78 is 26.7. The quantitative estimate of drug-likeness (QED) is 0.0682. The second kappa shape index (κ2) is 19.9. The van der Waals surface area contributed by atoms with E-state index in [-0.39, 0.29) is 11.6 Å². The van der Waals surface area contributed by atoms with Gasteiger partial charge in [0.15, 0.2) is 5.79 Å². The van der Waals surface area contributed by atoms with Crippen LogP contribution >= 0.6 is 0 Å². The number of unbranched alkanes of at least 4 members (excludes halogenated alkanes) is 9. The summed E-state index contributed by atoms with van der Waals surface area (Å²) in [4.78, 5) is 0. The summed E-state index contributed by atoms with van der Waals surface area (Å²) >= 11 is 0. The molecule has 1 aliphatic rings. The van der Waals surface area contributed by atoms with Gasteiger partial charge in [0.2, 0.25) is 0 Å². The third kappa shape index (κ3) is 11.5. The van der Waals surface area contributed by atoms with E-state index in [2.05, 4.69) is 101 Å². The minimum Gasteiger partial charge on any atom is -0.405 e. The standard InChI is InChI=1S/C44H64O5Si/c1-7-8-9-10-11-12-13-14-15-16-26-33-40(46-34-36-27-20-17-21-28-36)42-41(48-44(5,6)49-42)39(45)35-47-50(43(2,3)4,37-29-22-18-23-30-37)38-31-24-19-25-32-38/h17-33,39-42,45H,7-16,34-35H2,1-6H3/b33-26-/t39-,40+,41+,42-/m1/s1. The first-order chi connectivity index (χ1) is 24.1. The molecule has 3 aromatic carbocycles. The second-order valence-electron chi connectivity index (χ2n) is 15.4. The summed E-state index contributed by atoms with van der Waals surface area (Å²) in [5, 5.41) is 14.1. The molecule has 0 amide bonds. The summed E-state index contributed by atoms with van der Waals surface area (Å²) in [7, 11) is -2.86. The van der Waals surface area contributed by atoms with Gasteiger partial charge in [0.25, 0.3) is 8.32 Å². The smallest absolute Gasteiger partial charge is 0.261 e. The molecule has 0 spiro atoms. The Balaban J connectivity index is 1.50. The monoisotopic (exact) mass is 700 g/mol. The normalized spacial score (nSPS) is 19.2. The van der Waals surface area contributed by atoms with Crippen molar-refractivity contribution < 1.29 is 23.7 Å². The molecule has 5 nitrogen and oxygen atoms in total. The summed E-state index contributed by atoms with van der Waals surface area (Å²) in [6, 6.07) is 31.3. The molecule has 0 aliphatic carbocycles. The molecule has 6 heteroatoms. The number of allylic oxidation sites excluding steroid dienone is 1. The maximum absolute atomic E-state index is 12.0. The molecular formula is C44H64O5Si. The predicted molar refractivity (Wildman–Crippen MR) is 209 cm³/mol. The van der Waals surface area contributed by atoms with E-state index in [9.17, 15) is 5.11 Å². The van der Waals surface area contributed by atoms with Crippen LogP contribution < -0.4 is 10.4 Å². The van der Waals surface area contributed by atoms with Crippen LogP contribution in [-0.4, -0.2) is 50.2 Å². The van der Waals surface area contributed by atoms with Crippen molar-refractivity contribution in [3.05, 3.63) is 109 Å². The van der Waals surface area contributed by atoms with Crippen molar-refractivity contribution in [2.45, 2.75) is 148 Å². The van der Waals surface area contributed by atoms with Gasteiger partial charge in [0.05, 0.1) is 13.2 Å². The van der Waals surface area contributed by atoms with E-state index < -0.39 is 38.5 Å². The van der Waals surface area contributed by atoms with Gasteiger partial charge in [-0.1, -0.05) is 182 Å². The summed E-state index contributed by atoms with van der Waals surface area (Å²) in [5.74, 6) is -0.882. The van der Waals surface area contributed by atoms with E-state index in [1.54, 1.807) is 0 Å². The van der Waals surface area contributed by atoms with Gasteiger partial charge in [-0.3, -0.25) is 0 Å². The van der Waals surface area contributed by atoms with Gasteiger partial charge in [0.1, 0.15) is 24.4 Å². The maximum Gasteiger partial charge on any atom is 0.261 e. The van der Waals surface area contributed by atoms with Crippen LogP contribution in [0.1, 0.15) is 111 Å². The lowest BCUT2D eigenvalue weighted by Crippen LogP contribution is -2.67. The van der Waals surface area contributed by atoms with E-state index >= 15 is 0 Å². The molecule has 50 heavy (non-hydrogen) atoms. The lowest BCUT2D eigenvalue weighted by Gasteiger charge is -2.43. The Hall–Kier alpha value is -2.58. The molecule has 1 saturated heterocycles. The number of rotatable bonds is 21. The molecule has 0 saturated carbocycles. The fourth-order valence-electron chi connectivity index (χ4n) is 7.27. The van der Waals surface area contributed by atoms with Crippen molar-refractivity contribution >= 4 is 18.7 Å². The van der Waals surface area contributed by atoms with Crippen LogP contribution in [0.15, 0.2) is 103 Å². The fourth-order valence-corrected chi connectivity index (χ4v) is 11.8. The molecule has 1 aliphatic heterocycles. The average molecular weight is 701 g/mol. The SMILES string of the molecule is CCCCCCCCCCC/C=C\[C@H](OCc1ccccc1)[C@H]1OC(C)(C)O[C@H]1[C@H](O)CO[Si](c1ccccc1)(c1ccccc1)C(C)(C)C. The first kappa shape index (κ1) is 40.2.